The number of hydrogen-bond acceptors (Lipinski definition) is 7. The van der Waals surface area contributed by atoms with Gasteiger partial charge in [-0.1, -0.05) is 12.1 Å². The Morgan fingerprint density at radius 1 is 1.31 bits per heavy atom. The molecule has 1 aromatic carbocycles. The van der Waals surface area contributed by atoms with Crippen molar-refractivity contribution in [2.75, 3.05) is 32.8 Å². The van der Waals surface area contributed by atoms with Gasteiger partial charge in [-0.25, -0.2) is 0 Å². The topological polar surface area (TPSA) is 131 Å². The van der Waals surface area contributed by atoms with E-state index >= 15 is 0 Å². The molecule has 2 amide bonds. The lowest BCUT2D eigenvalue weighted by Crippen LogP contribution is -2.57. The summed E-state index contributed by atoms with van der Waals surface area (Å²) in [6.45, 7) is 4.77. The van der Waals surface area contributed by atoms with E-state index in [1.165, 1.54) is 19.1 Å². The molecule has 32 heavy (non-hydrogen) atoms. The van der Waals surface area contributed by atoms with Crippen LogP contribution in [-0.2, 0) is 20.9 Å². The van der Waals surface area contributed by atoms with Crippen molar-refractivity contribution in [2.45, 2.75) is 57.3 Å². The van der Waals surface area contributed by atoms with Gasteiger partial charge in [-0.3, -0.25) is 24.6 Å². The van der Waals surface area contributed by atoms with Gasteiger partial charge in [-0.2, -0.15) is 0 Å². The van der Waals surface area contributed by atoms with E-state index in [1.54, 1.807) is 17.0 Å². The molecule has 0 spiro atoms. The highest BCUT2D eigenvalue weighted by Crippen LogP contribution is 2.26. The zero-order valence-corrected chi connectivity index (χ0v) is 18.6. The highest BCUT2D eigenvalue weighted by atomic mass is 16.6. The Kier molecular flexibility index (Phi) is 8.54. The zero-order valence-electron chi connectivity index (χ0n) is 18.6. The van der Waals surface area contributed by atoms with Gasteiger partial charge in [0.2, 0.25) is 11.8 Å². The van der Waals surface area contributed by atoms with Crippen LogP contribution in [0.2, 0.25) is 0 Å². The van der Waals surface area contributed by atoms with E-state index in [1.807, 2.05) is 0 Å². The Labute approximate surface area is 188 Å². The number of likely N-dealkylation sites (tertiary alicyclic amines) is 1. The Morgan fingerprint density at radius 3 is 2.66 bits per heavy atom. The Bertz CT molecular complexity index is 796. The number of benzene rings is 1. The fourth-order valence-corrected chi connectivity index (χ4v) is 4.57. The summed E-state index contributed by atoms with van der Waals surface area (Å²) >= 11 is 0. The molecule has 1 aromatic rings. The molecule has 2 fully saturated rings. The maximum absolute atomic E-state index is 12.8. The lowest BCUT2D eigenvalue weighted by atomic mass is 9.94. The van der Waals surface area contributed by atoms with Crippen molar-refractivity contribution in [3.63, 3.8) is 0 Å². The summed E-state index contributed by atoms with van der Waals surface area (Å²) in [5.74, 6) is -0.292. The van der Waals surface area contributed by atoms with Crippen LogP contribution in [0.15, 0.2) is 24.3 Å². The average Bonchev–Trinajstić information content (AvgIpc) is 3.30. The number of nitrogens with one attached hydrogen (secondary N) is 1. The average molecular weight is 448 g/mol. The molecule has 2 heterocycles. The third kappa shape index (κ3) is 6.24. The molecule has 0 aliphatic carbocycles. The van der Waals surface area contributed by atoms with E-state index in [4.69, 9.17) is 10.5 Å². The Morgan fingerprint density at radius 2 is 2.06 bits per heavy atom. The van der Waals surface area contributed by atoms with Crippen molar-refractivity contribution in [1.82, 2.24) is 15.1 Å². The first-order chi connectivity index (χ1) is 15.4. The fraction of sp³-hybridized carbons (Fsp3) is 0.636. The number of carbonyl (C=O) groups is 2. The second-order valence-electron chi connectivity index (χ2n) is 8.47. The van der Waals surface area contributed by atoms with Gasteiger partial charge in [0.05, 0.1) is 11.0 Å². The molecule has 2 aliphatic heterocycles. The van der Waals surface area contributed by atoms with Crippen LogP contribution >= 0.6 is 0 Å². The number of amides is 2. The monoisotopic (exact) mass is 447 g/mol. The van der Waals surface area contributed by atoms with Crippen molar-refractivity contribution in [3.05, 3.63) is 39.9 Å². The number of carbonyl (C=O) groups excluding carboxylic acids is 2. The van der Waals surface area contributed by atoms with Gasteiger partial charge < -0.3 is 20.7 Å². The number of piperidine rings is 1. The second-order valence-corrected chi connectivity index (χ2v) is 8.47. The molecule has 3 N–H and O–H groups in total. The lowest BCUT2D eigenvalue weighted by molar-refractivity contribution is -0.384. The minimum atomic E-state index is -0.540. The third-order valence-corrected chi connectivity index (χ3v) is 6.24. The van der Waals surface area contributed by atoms with Crippen molar-refractivity contribution in [3.8, 4) is 0 Å². The number of hydrogen-bond donors (Lipinski definition) is 2. The van der Waals surface area contributed by atoms with Gasteiger partial charge in [0.25, 0.3) is 5.69 Å². The van der Waals surface area contributed by atoms with E-state index in [0.717, 1.165) is 38.0 Å². The van der Waals surface area contributed by atoms with Crippen molar-refractivity contribution in [2.24, 2.45) is 5.73 Å². The number of nitro benzene ring substituents is 1. The maximum Gasteiger partial charge on any atom is 0.269 e. The molecular formula is C22H33N5O5. The SMILES string of the molecule is CC(=O)N1CCC(N(Cc2ccc([N+](=O)[O-])cc2)CC2CCCO2)C[C@@H]1C(=O)NCCN. The zero-order chi connectivity index (χ0) is 23.1. The van der Waals surface area contributed by atoms with E-state index in [0.29, 0.717) is 32.6 Å². The molecule has 2 unspecified atom stereocenters. The highest BCUT2D eigenvalue weighted by molar-refractivity contribution is 5.87. The van der Waals surface area contributed by atoms with Crippen LogP contribution < -0.4 is 11.1 Å². The molecule has 2 saturated heterocycles. The van der Waals surface area contributed by atoms with Gasteiger partial charge in [0.15, 0.2) is 0 Å². The summed E-state index contributed by atoms with van der Waals surface area (Å²) in [4.78, 5) is 39.4. The van der Waals surface area contributed by atoms with Crippen LogP contribution in [0.3, 0.4) is 0 Å². The highest BCUT2D eigenvalue weighted by Gasteiger charge is 2.37. The minimum absolute atomic E-state index is 0.0610. The summed E-state index contributed by atoms with van der Waals surface area (Å²) in [7, 11) is 0. The normalized spacial score (nSPS) is 23.3. The maximum atomic E-state index is 12.8. The van der Waals surface area contributed by atoms with E-state index < -0.39 is 11.0 Å². The van der Waals surface area contributed by atoms with Crippen LogP contribution in [0.5, 0.6) is 0 Å². The molecule has 0 radical (unpaired) electrons. The lowest BCUT2D eigenvalue weighted by Gasteiger charge is -2.43. The number of ether oxygens (including phenoxy) is 1. The smallest absolute Gasteiger partial charge is 0.269 e. The van der Waals surface area contributed by atoms with Crippen LogP contribution in [0, 0.1) is 10.1 Å². The van der Waals surface area contributed by atoms with Crippen molar-refractivity contribution in [1.29, 1.82) is 0 Å². The molecule has 10 heteroatoms. The molecule has 0 saturated carbocycles. The van der Waals surface area contributed by atoms with Gasteiger partial charge in [0, 0.05) is 64.4 Å². The Balaban J connectivity index is 1.76. The molecule has 176 valence electrons. The summed E-state index contributed by atoms with van der Waals surface area (Å²) in [6, 6.07) is 6.12. The third-order valence-electron chi connectivity index (χ3n) is 6.24. The summed E-state index contributed by atoms with van der Waals surface area (Å²) < 4.78 is 5.86. The largest absolute Gasteiger partial charge is 0.377 e. The van der Waals surface area contributed by atoms with Crippen molar-refractivity contribution >= 4 is 17.5 Å². The number of nitro groups is 1. The molecule has 3 atom stereocenters. The van der Waals surface area contributed by atoms with Gasteiger partial charge in [-0.15, -0.1) is 0 Å². The standard InChI is InChI=1S/C22H33N5O5/c1-16(28)26-11-8-19(13-21(26)22(29)24-10-9-23)25(15-20-3-2-12-32-20)14-17-4-6-18(7-5-17)27(30)31/h4-7,19-21H,2-3,8-15,23H2,1H3,(H,24,29)/t19?,20?,21-/m1/s1. The molecule has 3 rings (SSSR count). The van der Waals surface area contributed by atoms with Crippen LogP contribution in [0.1, 0.15) is 38.2 Å². The summed E-state index contributed by atoms with van der Waals surface area (Å²) in [5, 5.41) is 13.8. The predicted octanol–water partition coefficient (Wildman–Crippen LogP) is 1.03. The van der Waals surface area contributed by atoms with Crippen molar-refractivity contribution < 1.29 is 19.2 Å². The van der Waals surface area contributed by atoms with Gasteiger partial charge >= 0.3 is 0 Å². The quantitative estimate of drug-likeness (QED) is 0.427. The fourth-order valence-electron chi connectivity index (χ4n) is 4.57. The molecule has 2 aliphatic rings. The first-order valence-corrected chi connectivity index (χ1v) is 11.2. The summed E-state index contributed by atoms with van der Waals surface area (Å²) in [6.07, 6.45) is 3.42. The number of non-ortho nitro benzene ring substituents is 1. The number of nitrogens with zero attached hydrogens (tertiary/aromatic N) is 3. The van der Waals surface area contributed by atoms with Crippen LogP contribution in [0.4, 0.5) is 5.69 Å². The minimum Gasteiger partial charge on any atom is -0.377 e. The first kappa shape index (κ1) is 24.1. The molecule has 0 aromatic heterocycles. The van der Waals surface area contributed by atoms with Gasteiger partial charge in [0.1, 0.15) is 6.04 Å². The van der Waals surface area contributed by atoms with E-state index in [2.05, 4.69) is 10.2 Å². The van der Waals surface area contributed by atoms with Gasteiger partial charge in [-0.05, 0) is 31.2 Å². The van der Waals surface area contributed by atoms with Crippen LogP contribution in [-0.4, -0.2) is 77.5 Å². The predicted molar refractivity (Wildman–Crippen MR) is 119 cm³/mol. The van der Waals surface area contributed by atoms with E-state index in [9.17, 15) is 19.7 Å². The van der Waals surface area contributed by atoms with Crippen LogP contribution in [0.25, 0.3) is 0 Å². The molecular weight excluding hydrogens is 414 g/mol. The first-order valence-electron chi connectivity index (χ1n) is 11.2. The summed E-state index contributed by atoms with van der Waals surface area (Å²) in [5.41, 5.74) is 6.55. The molecule has 0 bridgehead atoms. The van der Waals surface area contributed by atoms with E-state index in [-0.39, 0.29) is 29.6 Å². The second kappa shape index (κ2) is 11.3. The number of rotatable bonds is 9. The molecule has 10 nitrogen and oxygen atoms in total. The Hall–Kier alpha value is -2.56. The number of nitrogens with two attached hydrogens (primary N) is 1.